The van der Waals surface area contributed by atoms with Gasteiger partial charge in [-0.1, -0.05) is 18.2 Å². The molecule has 1 heterocycles. The van der Waals surface area contributed by atoms with E-state index in [2.05, 4.69) is 4.74 Å². The van der Waals surface area contributed by atoms with Crippen LogP contribution in [0.15, 0.2) is 34.7 Å². The lowest BCUT2D eigenvalue weighted by atomic mass is 10.2. The Kier molecular flexibility index (Phi) is 4.40. The van der Waals surface area contributed by atoms with Gasteiger partial charge in [-0.3, -0.25) is 9.59 Å². The Morgan fingerprint density at radius 2 is 2.05 bits per heavy atom. The number of methoxy groups -OCH3 is 1. The molecular formula is C15H17NO4. The van der Waals surface area contributed by atoms with Gasteiger partial charge in [0, 0.05) is 25.4 Å². The highest BCUT2D eigenvalue weighted by atomic mass is 16.5. The van der Waals surface area contributed by atoms with E-state index in [9.17, 15) is 9.59 Å². The topological polar surface area (TPSA) is 59.8 Å². The molecule has 0 aliphatic heterocycles. The van der Waals surface area contributed by atoms with Crippen molar-refractivity contribution >= 4 is 22.8 Å². The van der Waals surface area contributed by atoms with Crippen molar-refractivity contribution in [3.05, 3.63) is 36.1 Å². The number of carbonyl (C=O) groups is 2. The molecule has 1 aromatic carbocycles. The summed E-state index contributed by atoms with van der Waals surface area (Å²) in [5.74, 6) is -0.146. The van der Waals surface area contributed by atoms with Crippen LogP contribution in [-0.4, -0.2) is 37.5 Å². The Bertz CT molecular complexity index is 584. The molecule has 0 atom stereocenters. The average molecular weight is 275 g/mol. The van der Waals surface area contributed by atoms with Gasteiger partial charge in [-0.05, 0) is 18.6 Å². The molecule has 0 saturated carbocycles. The predicted octanol–water partition coefficient (Wildman–Crippen LogP) is 2.46. The van der Waals surface area contributed by atoms with Crippen LogP contribution in [0.5, 0.6) is 0 Å². The molecule has 5 heteroatoms. The number of ether oxygens (including phenoxy) is 1. The largest absolute Gasteiger partial charge is 0.469 e. The number of rotatable bonds is 5. The Morgan fingerprint density at radius 1 is 1.30 bits per heavy atom. The smallest absolute Gasteiger partial charge is 0.305 e. The number of nitrogens with zero attached hydrogens (tertiary/aromatic N) is 1. The highest BCUT2D eigenvalue weighted by Gasteiger charge is 2.16. The van der Waals surface area contributed by atoms with Gasteiger partial charge in [-0.25, -0.2) is 0 Å². The fourth-order valence-electron chi connectivity index (χ4n) is 1.94. The number of esters is 1. The van der Waals surface area contributed by atoms with Gasteiger partial charge < -0.3 is 14.1 Å². The summed E-state index contributed by atoms with van der Waals surface area (Å²) < 4.78 is 10.1. The first-order chi connectivity index (χ1) is 9.61. The highest BCUT2D eigenvalue weighted by Crippen LogP contribution is 2.19. The van der Waals surface area contributed by atoms with Gasteiger partial charge in [0.2, 0.25) is 0 Å². The maximum atomic E-state index is 12.2. The van der Waals surface area contributed by atoms with Crippen LogP contribution >= 0.6 is 0 Å². The van der Waals surface area contributed by atoms with Crippen molar-refractivity contribution in [2.24, 2.45) is 0 Å². The molecule has 0 N–H and O–H groups in total. The van der Waals surface area contributed by atoms with E-state index >= 15 is 0 Å². The van der Waals surface area contributed by atoms with E-state index in [1.54, 1.807) is 18.0 Å². The molecular weight excluding hydrogens is 258 g/mol. The minimum atomic E-state index is -0.269. The van der Waals surface area contributed by atoms with Crippen LogP contribution in [0.25, 0.3) is 11.0 Å². The molecule has 0 saturated heterocycles. The maximum absolute atomic E-state index is 12.2. The van der Waals surface area contributed by atoms with Crippen molar-refractivity contribution in [3.8, 4) is 0 Å². The summed E-state index contributed by atoms with van der Waals surface area (Å²) in [7, 11) is 3.04. The second-order valence-electron chi connectivity index (χ2n) is 4.55. The third kappa shape index (κ3) is 3.17. The van der Waals surface area contributed by atoms with Crippen molar-refractivity contribution in [2.45, 2.75) is 12.8 Å². The van der Waals surface area contributed by atoms with Crippen LogP contribution in [0.1, 0.15) is 23.4 Å². The number of fused-ring (bicyclic) bond motifs is 1. The summed E-state index contributed by atoms with van der Waals surface area (Å²) in [6, 6.07) is 9.21. The summed E-state index contributed by atoms with van der Waals surface area (Å²) in [5.41, 5.74) is 0.693. The molecule has 2 aromatic rings. The molecule has 0 radical (unpaired) electrons. The van der Waals surface area contributed by atoms with Gasteiger partial charge in [0.05, 0.1) is 7.11 Å². The molecule has 20 heavy (non-hydrogen) atoms. The minimum Gasteiger partial charge on any atom is -0.469 e. The van der Waals surface area contributed by atoms with Crippen LogP contribution in [-0.2, 0) is 9.53 Å². The van der Waals surface area contributed by atoms with Crippen molar-refractivity contribution in [1.29, 1.82) is 0 Å². The first-order valence-corrected chi connectivity index (χ1v) is 6.42. The van der Waals surface area contributed by atoms with Gasteiger partial charge in [0.1, 0.15) is 5.58 Å². The molecule has 106 valence electrons. The minimum absolute atomic E-state index is 0.189. The van der Waals surface area contributed by atoms with Crippen molar-refractivity contribution in [1.82, 2.24) is 4.90 Å². The summed E-state index contributed by atoms with van der Waals surface area (Å²) in [6.45, 7) is 0.477. The van der Waals surface area contributed by atoms with Crippen LogP contribution in [0.3, 0.4) is 0 Å². The first kappa shape index (κ1) is 14.1. The molecule has 0 bridgehead atoms. The van der Waals surface area contributed by atoms with Crippen LogP contribution in [0.2, 0.25) is 0 Å². The van der Waals surface area contributed by atoms with E-state index in [1.807, 2.05) is 24.3 Å². The number of para-hydroxylation sites is 1. The second kappa shape index (κ2) is 6.23. The van der Waals surface area contributed by atoms with E-state index in [0.717, 1.165) is 5.39 Å². The molecule has 1 amide bonds. The summed E-state index contributed by atoms with van der Waals surface area (Å²) in [6.07, 6.45) is 0.864. The Morgan fingerprint density at radius 3 is 2.75 bits per heavy atom. The summed E-state index contributed by atoms with van der Waals surface area (Å²) >= 11 is 0. The lowest BCUT2D eigenvalue weighted by Crippen LogP contribution is -2.27. The normalized spacial score (nSPS) is 10.5. The van der Waals surface area contributed by atoms with Crippen molar-refractivity contribution < 1.29 is 18.7 Å². The van der Waals surface area contributed by atoms with E-state index in [1.165, 1.54) is 7.11 Å². The Labute approximate surface area is 117 Å². The van der Waals surface area contributed by atoms with Crippen molar-refractivity contribution in [3.63, 3.8) is 0 Å². The fourth-order valence-corrected chi connectivity index (χ4v) is 1.94. The number of benzene rings is 1. The van der Waals surface area contributed by atoms with Crippen LogP contribution in [0, 0.1) is 0 Å². The maximum Gasteiger partial charge on any atom is 0.305 e. The van der Waals surface area contributed by atoms with Gasteiger partial charge in [0.15, 0.2) is 5.76 Å². The molecule has 0 fully saturated rings. The van der Waals surface area contributed by atoms with Crippen molar-refractivity contribution in [2.75, 3.05) is 20.7 Å². The van der Waals surface area contributed by atoms with Gasteiger partial charge in [-0.2, -0.15) is 0 Å². The molecule has 1 aromatic heterocycles. The zero-order chi connectivity index (χ0) is 14.5. The number of hydrogen-bond donors (Lipinski definition) is 0. The summed E-state index contributed by atoms with van der Waals surface area (Å²) in [4.78, 5) is 24.7. The van der Waals surface area contributed by atoms with Gasteiger partial charge in [-0.15, -0.1) is 0 Å². The third-order valence-corrected chi connectivity index (χ3v) is 3.09. The van der Waals surface area contributed by atoms with E-state index in [0.29, 0.717) is 30.7 Å². The molecule has 0 spiro atoms. The van der Waals surface area contributed by atoms with Gasteiger partial charge in [0.25, 0.3) is 5.91 Å². The zero-order valence-electron chi connectivity index (χ0n) is 11.6. The molecule has 5 nitrogen and oxygen atoms in total. The zero-order valence-corrected chi connectivity index (χ0v) is 11.6. The molecule has 0 aliphatic carbocycles. The quantitative estimate of drug-likeness (QED) is 0.786. The van der Waals surface area contributed by atoms with Gasteiger partial charge >= 0.3 is 5.97 Å². The highest BCUT2D eigenvalue weighted by molar-refractivity contribution is 5.95. The SMILES string of the molecule is COC(=O)CCCN(C)C(=O)c1cc2ccccc2o1. The number of carbonyl (C=O) groups excluding carboxylic acids is 2. The Balaban J connectivity index is 1.97. The first-order valence-electron chi connectivity index (χ1n) is 6.42. The number of hydrogen-bond acceptors (Lipinski definition) is 4. The third-order valence-electron chi connectivity index (χ3n) is 3.09. The number of amides is 1. The number of furan rings is 1. The predicted molar refractivity (Wildman–Crippen MR) is 74.4 cm³/mol. The lowest BCUT2D eigenvalue weighted by Gasteiger charge is -2.14. The van der Waals surface area contributed by atoms with E-state index in [4.69, 9.17) is 4.42 Å². The fraction of sp³-hybridized carbons (Fsp3) is 0.333. The summed E-state index contributed by atoms with van der Waals surface area (Å²) in [5, 5.41) is 0.902. The molecule has 0 unspecified atom stereocenters. The van der Waals surface area contributed by atoms with Crippen LogP contribution in [0.4, 0.5) is 0 Å². The molecule has 2 rings (SSSR count). The molecule has 0 aliphatic rings. The Hall–Kier alpha value is -2.30. The lowest BCUT2D eigenvalue weighted by molar-refractivity contribution is -0.140. The van der Waals surface area contributed by atoms with E-state index in [-0.39, 0.29) is 11.9 Å². The van der Waals surface area contributed by atoms with E-state index < -0.39 is 0 Å². The monoisotopic (exact) mass is 275 g/mol. The van der Waals surface area contributed by atoms with Crippen LogP contribution < -0.4 is 0 Å². The average Bonchev–Trinajstić information content (AvgIpc) is 2.89. The second-order valence-corrected chi connectivity index (χ2v) is 4.55. The standard InChI is InChI=1S/C15H17NO4/c1-16(9-5-8-14(17)19-2)15(18)13-10-11-6-3-4-7-12(11)20-13/h3-4,6-7,10H,5,8-9H2,1-2H3.